The van der Waals surface area contributed by atoms with Gasteiger partial charge in [0.2, 0.25) is 5.91 Å². The highest BCUT2D eigenvalue weighted by molar-refractivity contribution is 5.86. The lowest BCUT2D eigenvalue weighted by Gasteiger charge is -2.29. The molecule has 0 spiro atoms. The first-order valence-corrected chi connectivity index (χ1v) is 3.16. The lowest BCUT2D eigenvalue weighted by molar-refractivity contribution is -0.127. The summed E-state index contributed by atoms with van der Waals surface area (Å²) < 4.78 is 0. The Kier molecular flexibility index (Phi) is 3.12. The number of hydrogen-bond acceptors (Lipinski definition) is 2. The molecule has 1 heterocycles. The zero-order valence-electron chi connectivity index (χ0n) is 6.23. The summed E-state index contributed by atoms with van der Waals surface area (Å²) in [7, 11) is 0. The van der Waals surface area contributed by atoms with Gasteiger partial charge in [-0.1, -0.05) is 0 Å². The van der Waals surface area contributed by atoms with Crippen molar-refractivity contribution in [1.82, 2.24) is 10.6 Å². The third kappa shape index (κ3) is 1.85. The van der Waals surface area contributed by atoms with Crippen molar-refractivity contribution < 1.29 is 4.79 Å². The Morgan fingerprint density at radius 1 is 1.40 bits per heavy atom. The molecule has 3 nitrogen and oxygen atoms in total. The zero-order valence-corrected chi connectivity index (χ0v) is 7.05. The van der Waals surface area contributed by atoms with Gasteiger partial charge < -0.3 is 10.6 Å². The molecule has 1 saturated heterocycles. The van der Waals surface area contributed by atoms with Crippen molar-refractivity contribution in [3.8, 4) is 0 Å². The monoisotopic (exact) mass is 164 g/mol. The maximum Gasteiger partial charge on any atom is 0.239 e. The molecule has 2 N–H and O–H groups in total. The van der Waals surface area contributed by atoms with Crippen LogP contribution in [0.4, 0.5) is 0 Å². The number of carbonyl (C=O) groups is 1. The third-order valence-corrected chi connectivity index (χ3v) is 1.55. The largest absolute Gasteiger partial charge is 0.353 e. The van der Waals surface area contributed by atoms with Crippen LogP contribution in [-0.2, 0) is 4.79 Å². The van der Waals surface area contributed by atoms with Gasteiger partial charge in [-0.25, -0.2) is 0 Å². The minimum Gasteiger partial charge on any atom is -0.353 e. The summed E-state index contributed by atoms with van der Waals surface area (Å²) >= 11 is 0. The van der Waals surface area contributed by atoms with Crippen molar-refractivity contribution in [3.05, 3.63) is 0 Å². The van der Waals surface area contributed by atoms with Crippen LogP contribution in [0.25, 0.3) is 0 Å². The van der Waals surface area contributed by atoms with Crippen molar-refractivity contribution in [1.29, 1.82) is 0 Å². The van der Waals surface area contributed by atoms with E-state index < -0.39 is 0 Å². The molecule has 4 heteroatoms. The quantitative estimate of drug-likeness (QED) is 0.526. The molecule has 0 bridgehead atoms. The second-order valence-electron chi connectivity index (χ2n) is 2.81. The predicted molar refractivity (Wildman–Crippen MR) is 42.3 cm³/mol. The van der Waals surface area contributed by atoms with Gasteiger partial charge in [0.05, 0.1) is 5.54 Å². The fourth-order valence-electron chi connectivity index (χ4n) is 0.852. The molecule has 0 aliphatic carbocycles. The van der Waals surface area contributed by atoms with Crippen LogP contribution in [0.5, 0.6) is 0 Å². The van der Waals surface area contributed by atoms with E-state index in [1.54, 1.807) is 0 Å². The number of nitrogens with one attached hydrogen (secondary N) is 2. The molecule has 1 fully saturated rings. The standard InChI is InChI=1S/C6H12N2O.ClH/c1-6(2)5(9)7-3-4-8-6;/h8H,3-4H2,1-2H3,(H,7,9);1H. The van der Waals surface area contributed by atoms with Gasteiger partial charge in [0.25, 0.3) is 0 Å². The number of rotatable bonds is 0. The molecule has 0 aromatic heterocycles. The summed E-state index contributed by atoms with van der Waals surface area (Å²) in [4.78, 5) is 10.9. The van der Waals surface area contributed by atoms with Crippen molar-refractivity contribution in [2.45, 2.75) is 19.4 Å². The van der Waals surface area contributed by atoms with Crippen LogP contribution >= 0.6 is 12.4 Å². The van der Waals surface area contributed by atoms with Gasteiger partial charge in [0.1, 0.15) is 0 Å². The van der Waals surface area contributed by atoms with Crippen LogP contribution in [0.2, 0.25) is 0 Å². The minimum absolute atomic E-state index is 0. The Morgan fingerprint density at radius 3 is 2.30 bits per heavy atom. The maximum absolute atomic E-state index is 10.9. The summed E-state index contributed by atoms with van der Waals surface area (Å²) in [5.74, 6) is 0.0914. The van der Waals surface area contributed by atoms with E-state index in [-0.39, 0.29) is 23.9 Å². The van der Waals surface area contributed by atoms with E-state index in [2.05, 4.69) is 10.6 Å². The lowest BCUT2D eigenvalue weighted by atomic mass is 10.0. The molecule has 10 heavy (non-hydrogen) atoms. The molecular formula is C6H13ClN2O. The number of piperazine rings is 1. The first-order chi connectivity index (χ1) is 4.13. The number of hydrogen-bond donors (Lipinski definition) is 2. The van der Waals surface area contributed by atoms with Crippen LogP contribution in [0.3, 0.4) is 0 Å². The van der Waals surface area contributed by atoms with E-state index in [0.717, 1.165) is 13.1 Å². The Hall–Kier alpha value is -0.280. The van der Waals surface area contributed by atoms with Crippen molar-refractivity contribution in [2.75, 3.05) is 13.1 Å². The summed E-state index contributed by atoms with van der Waals surface area (Å²) in [5.41, 5.74) is -0.363. The van der Waals surface area contributed by atoms with Crippen LogP contribution in [0, 0.1) is 0 Å². The van der Waals surface area contributed by atoms with Crippen molar-refractivity contribution >= 4 is 18.3 Å². The van der Waals surface area contributed by atoms with E-state index >= 15 is 0 Å². The molecule has 0 saturated carbocycles. The highest BCUT2D eigenvalue weighted by atomic mass is 35.5. The smallest absolute Gasteiger partial charge is 0.239 e. The van der Waals surface area contributed by atoms with Gasteiger partial charge in [0, 0.05) is 13.1 Å². The first kappa shape index (κ1) is 9.72. The van der Waals surface area contributed by atoms with Gasteiger partial charge in [-0.2, -0.15) is 0 Å². The summed E-state index contributed by atoms with van der Waals surface area (Å²) in [6, 6.07) is 0. The topological polar surface area (TPSA) is 41.1 Å². The molecule has 60 valence electrons. The van der Waals surface area contributed by atoms with E-state index in [9.17, 15) is 4.79 Å². The number of halogens is 1. The van der Waals surface area contributed by atoms with E-state index in [1.807, 2.05) is 13.8 Å². The molecule has 0 unspecified atom stereocenters. The van der Waals surface area contributed by atoms with Gasteiger partial charge in [-0.15, -0.1) is 12.4 Å². The van der Waals surface area contributed by atoms with Gasteiger partial charge in [0.15, 0.2) is 0 Å². The molecule has 1 amide bonds. The predicted octanol–water partition coefficient (Wildman–Crippen LogP) is -0.0938. The second-order valence-corrected chi connectivity index (χ2v) is 2.81. The summed E-state index contributed by atoms with van der Waals surface area (Å²) in [6.45, 7) is 5.38. The molecule has 1 aliphatic heterocycles. The Bertz CT molecular complexity index is 136. The SMILES string of the molecule is CC1(C)NCCNC1=O.Cl. The van der Waals surface area contributed by atoms with Gasteiger partial charge in [-0.3, -0.25) is 4.79 Å². The Labute approximate surface area is 67.0 Å². The van der Waals surface area contributed by atoms with Crippen LogP contribution < -0.4 is 10.6 Å². The first-order valence-electron chi connectivity index (χ1n) is 3.16. The third-order valence-electron chi connectivity index (χ3n) is 1.55. The lowest BCUT2D eigenvalue weighted by Crippen LogP contribution is -2.59. The summed E-state index contributed by atoms with van der Waals surface area (Å²) in [5, 5.41) is 5.87. The van der Waals surface area contributed by atoms with Gasteiger partial charge in [-0.05, 0) is 13.8 Å². The molecule has 1 aliphatic rings. The van der Waals surface area contributed by atoms with Crippen molar-refractivity contribution in [3.63, 3.8) is 0 Å². The fraction of sp³-hybridized carbons (Fsp3) is 0.833. The maximum atomic E-state index is 10.9. The average Bonchev–Trinajstić information content (AvgIpc) is 1.77. The van der Waals surface area contributed by atoms with E-state index in [4.69, 9.17) is 0 Å². The zero-order chi connectivity index (χ0) is 6.91. The van der Waals surface area contributed by atoms with E-state index in [0.29, 0.717) is 0 Å². The molecule has 0 aromatic carbocycles. The highest BCUT2D eigenvalue weighted by Gasteiger charge is 2.28. The summed E-state index contributed by atoms with van der Waals surface area (Å²) in [6.07, 6.45) is 0. The van der Waals surface area contributed by atoms with Crippen LogP contribution in [0.1, 0.15) is 13.8 Å². The molecule has 0 radical (unpaired) electrons. The highest BCUT2D eigenvalue weighted by Crippen LogP contribution is 2.03. The van der Waals surface area contributed by atoms with Gasteiger partial charge >= 0.3 is 0 Å². The van der Waals surface area contributed by atoms with Crippen LogP contribution in [-0.4, -0.2) is 24.5 Å². The van der Waals surface area contributed by atoms with E-state index in [1.165, 1.54) is 0 Å². The molecule has 0 atom stereocenters. The van der Waals surface area contributed by atoms with Crippen LogP contribution in [0.15, 0.2) is 0 Å². The minimum atomic E-state index is -0.363. The number of amides is 1. The molecular weight excluding hydrogens is 152 g/mol. The molecule has 1 rings (SSSR count). The van der Waals surface area contributed by atoms with Crippen molar-refractivity contribution in [2.24, 2.45) is 0 Å². The normalized spacial score (nSPS) is 22.8. The second kappa shape index (κ2) is 3.21. The fourth-order valence-corrected chi connectivity index (χ4v) is 0.852. The average molecular weight is 165 g/mol. The Balaban J connectivity index is 0.000000810. The number of carbonyl (C=O) groups excluding carboxylic acids is 1. The Morgan fingerprint density at radius 2 is 2.00 bits per heavy atom. The molecule has 0 aromatic rings.